The third kappa shape index (κ3) is 4.40. The molecule has 1 heterocycles. The summed E-state index contributed by atoms with van der Waals surface area (Å²) < 4.78 is 6.35. The number of halogens is 1. The fourth-order valence-corrected chi connectivity index (χ4v) is 4.79. The lowest BCUT2D eigenvalue weighted by Crippen LogP contribution is -2.41. The van der Waals surface area contributed by atoms with Crippen molar-refractivity contribution in [2.45, 2.75) is 43.9 Å². The summed E-state index contributed by atoms with van der Waals surface area (Å²) in [6.45, 7) is 3.24. The van der Waals surface area contributed by atoms with Crippen LogP contribution in [-0.2, 0) is 6.42 Å². The molecule has 2 rings (SSSR count). The highest BCUT2D eigenvalue weighted by Crippen LogP contribution is 2.30. The number of nitrogens with one attached hydrogen (secondary N) is 1. The highest BCUT2D eigenvalue weighted by atomic mass is 79.9. The van der Waals surface area contributed by atoms with E-state index >= 15 is 0 Å². The molecule has 0 amide bonds. The van der Waals surface area contributed by atoms with Gasteiger partial charge in [-0.3, -0.25) is 0 Å². The molecule has 0 bridgehead atoms. The van der Waals surface area contributed by atoms with Crippen LogP contribution in [0.5, 0.6) is 5.75 Å². The lowest BCUT2D eigenvalue weighted by molar-refractivity contribution is 0.411. The number of likely N-dealkylation sites (N-methyl/N-ethyl adjacent to an activating group) is 1. The van der Waals surface area contributed by atoms with Crippen molar-refractivity contribution in [1.82, 2.24) is 5.32 Å². The van der Waals surface area contributed by atoms with Gasteiger partial charge >= 0.3 is 0 Å². The summed E-state index contributed by atoms with van der Waals surface area (Å²) in [5.74, 6) is 2.22. The van der Waals surface area contributed by atoms with Crippen molar-refractivity contribution < 1.29 is 4.74 Å². The summed E-state index contributed by atoms with van der Waals surface area (Å²) in [5, 5.41) is 4.44. The van der Waals surface area contributed by atoms with Crippen LogP contribution in [0.15, 0.2) is 22.7 Å². The van der Waals surface area contributed by atoms with Crippen LogP contribution in [0.4, 0.5) is 0 Å². The van der Waals surface area contributed by atoms with E-state index < -0.39 is 0 Å². The van der Waals surface area contributed by atoms with Crippen molar-refractivity contribution in [3.05, 3.63) is 28.2 Å². The first-order valence-electron chi connectivity index (χ1n) is 7.42. The van der Waals surface area contributed by atoms with E-state index in [4.69, 9.17) is 4.74 Å². The number of thioether (sulfide) groups is 1. The number of ether oxygens (including phenoxy) is 1. The fraction of sp³-hybridized carbons (Fsp3) is 0.625. The standard InChI is InChI=1S/C16H24BrNOS/c1-3-18-14(16-6-4-5-9-20-16)11-12-7-8-15(19-2)13(17)10-12/h7-8,10,14,16,18H,3-6,9,11H2,1-2H3. The number of rotatable bonds is 6. The zero-order valence-corrected chi connectivity index (χ0v) is 14.7. The molecule has 1 N–H and O–H groups in total. The number of hydrogen-bond donors (Lipinski definition) is 1. The second-order valence-corrected chi connectivity index (χ2v) is 7.44. The van der Waals surface area contributed by atoms with E-state index in [-0.39, 0.29) is 0 Å². The van der Waals surface area contributed by atoms with Gasteiger partial charge in [-0.2, -0.15) is 11.8 Å². The first-order valence-corrected chi connectivity index (χ1v) is 9.26. The molecule has 0 aromatic heterocycles. The Balaban J connectivity index is 2.04. The Kier molecular flexibility index (Phi) is 6.72. The molecule has 0 spiro atoms. The van der Waals surface area contributed by atoms with Crippen molar-refractivity contribution in [2.24, 2.45) is 0 Å². The quantitative estimate of drug-likeness (QED) is 0.821. The van der Waals surface area contributed by atoms with Crippen LogP contribution in [0.25, 0.3) is 0 Å². The van der Waals surface area contributed by atoms with Crippen LogP contribution in [0.2, 0.25) is 0 Å². The van der Waals surface area contributed by atoms with Gasteiger partial charge in [-0.1, -0.05) is 19.4 Å². The van der Waals surface area contributed by atoms with Gasteiger partial charge < -0.3 is 10.1 Å². The first-order chi connectivity index (χ1) is 9.74. The van der Waals surface area contributed by atoms with E-state index in [1.54, 1.807) is 7.11 Å². The molecular weight excluding hydrogens is 334 g/mol. The summed E-state index contributed by atoms with van der Waals surface area (Å²) in [7, 11) is 1.71. The van der Waals surface area contributed by atoms with Gasteiger partial charge in [0.15, 0.2) is 0 Å². The van der Waals surface area contributed by atoms with E-state index in [1.807, 2.05) is 0 Å². The van der Waals surface area contributed by atoms with Gasteiger partial charge in [0.25, 0.3) is 0 Å². The third-order valence-corrected chi connectivity index (χ3v) is 5.94. The van der Waals surface area contributed by atoms with Crippen molar-refractivity contribution in [3.8, 4) is 5.75 Å². The second-order valence-electron chi connectivity index (χ2n) is 5.24. The normalized spacial score (nSPS) is 20.6. The molecule has 0 saturated carbocycles. The summed E-state index contributed by atoms with van der Waals surface area (Å²) >= 11 is 5.73. The minimum atomic E-state index is 0.575. The van der Waals surface area contributed by atoms with Gasteiger partial charge in [-0.15, -0.1) is 0 Å². The van der Waals surface area contributed by atoms with Gasteiger partial charge in [-0.05, 0) is 65.2 Å². The molecule has 20 heavy (non-hydrogen) atoms. The van der Waals surface area contributed by atoms with Crippen LogP contribution in [0, 0.1) is 0 Å². The maximum Gasteiger partial charge on any atom is 0.133 e. The summed E-state index contributed by atoms with van der Waals surface area (Å²) in [6, 6.07) is 7.00. The molecule has 1 aliphatic heterocycles. The Labute approximate surface area is 135 Å². The summed E-state index contributed by atoms with van der Waals surface area (Å²) in [6.07, 6.45) is 5.20. The van der Waals surface area contributed by atoms with E-state index in [0.717, 1.165) is 28.4 Å². The van der Waals surface area contributed by atoms with Gasteiger partial charge in [0, 0.05) is 11.3 Å². The molecular formula is C16H24BrNOS. The Morgan fingerprint density at radius 3 is 2.90 bits per heavy atom. The van der Waals surface area contributed by atoms with Gasteiger partial charge in [0.05, 0.1) is 11.6 Å². The Morgan fingerprint density at radius 2 is 2.30 bits per heavy atom. The van der Waals surface area contributed by atoms with Crippen molar-refractivity contribution in [1.29, 1.82) is 0 Å². The summed E-state index contributed by atoms with van der Waals surface area (Å²) in [4.78, 5) is 0. The predicted molar refractivity (Wildman–Crippen MR) is 92.0 cm³/mol. The fourth-order valence-electron chi connectivity index (χ4n) is 2.77. The van der Waals surface area contributed by atoms with Gasteiger partial charge in [0.1, 0.15) is 5.75 Å². The third-order valence-electron chi connectivity index (χ3n) is 3.80. The highest BCUT2D eigenvalue weighted by Gasteiger charge is 2.23. The molecule has 0 radical (unpaired) electrons. The molecule has 1 saturated heterocycles. The Morgan fingerprint density at radius 1 is 1.45 bits per heavy atom. The summed E-state index contributed by atoms with van der Waals surface area (Å²) in [5.41, 5.74) is 1.37. The van der Waals surface area contributed by atoms with Crippen LogP contribution >= 0.6 is 27.7 Å². The van der Waals surface area contributed by atoms with Crippen LogP contribution < -0.4 is 10.1 Å². The second kappa shape index (κ2) is 8.30. The minimum Gasteiger partial charge on any atom is -0.496 e. The van der Waals surface area contributed by atoms with E-state index in [0.29, 0.717) is 6.04 Å². The van der Waals surface area contributed by atoms with Crippen molar-refractivity contribution in [3.63, 3.8) is 0 Å². The molecule has 1 fully saturated rings. The minimum absolute atomic E-state index is 0.575. The molecule has 1 aromatic carbocycles. The van der Waals surface area contributed by atoms with E-state index in [1.165, 1.54) is 30.6 Å². The van der Waals surface area contributed by atoms with Gasteiger partial charge in [0.2, 0.25) is 0 Å². The van der Waals surface area contributed by atoms with Crippen LogP contribution in [0.1, 0.15) is 31.7 Å². The van der Waals surface area contributed by atoms with Crippen LogP contribution in [-0.4, -0.2) is 30.7 Å². The Bertz CT molecular complexity index is 421. The maximum atomic E-state index is 5.30. The average Bonchev–Trinajstić information content (AvgIpc) is 2.48. The monoisotopic (exact) mass is 357 g/mol. The van der Waals surface area contributed by atoms with Crippen molar-refractivity contribution in [2.75, 3.05) is 19.4 Å². The number of benzene rings is 1. The van der Waals surface area contributed by atoms with Crippen molar-refractivity contribution >= 4 is 27.7 Å². The molecule has 2 nitrogen and oxygen atoms in total. The molecule has 1 aromatic rings. The molecule has 1 aliphatic rings. The maximum absolute atomic E-state index is 5.30. The lowest BCUT2D eigenvalue weighted by Gasteiger charge is -2.30. The Hall–Kier alpha value is -0.190. The topological polar surface area (TPSA) is 21.3 Å². The average molecular weight is 358 g/mol. The molecule has 4 heteroatoms. The largest absolute Gasteiger partial charge is 0.496 e. The molecule has 2 atom stereocenters. The smallest absolute Gasteiger partial charge is 0.133 e. The van der Waals surface area contributed by atoms with Crippen LogP contribution in [0.3, 0.4) is 0 Å². The molecule has 112 valence electrons. The predicted octanol–water partition coefficient (Wildman–Crippen LogP) is 4.26. The van der Waals surface area contributed by atoms with E-state index in [9.17, 15) is 0 Å². The first kappa shape index (κ1) is 16.2. The highest BCUT2D eigenvalue weighted by molar-refractivity contribution is 9.10. The van der Waals surface area contributed by atoms with E-state index in [2.05, 4.69) is 58.1 Å². The zero-order valence-electron chi connectivity index (χ0n) is 12.3. The molecule has 0 aliphatic carbocycles. The number of methoxy groups -OCH3 is 1. The number of hydrogen-bond acceptors (Lipinski definition) is 3. The lowest BCUT2D eigenvalue weighted by atomic mass is 9.99. The van der Waals surface area contributed by atoms with Gasteiger partial charge in [-0.25, -0.2) is 0 Å². The zero-order chi connectivity index (χ0) is 14.4. The molecule has 2 unspecified atom stereocenters. The SMILES string of the molecule is CCNC(Cc1ccc(OC)c(Br)c1)C1CCCCS1.